The van der Waals surface area contributed by atoms with Crippen molar-refractivity contribution in [2.45, 2.75) is 57.5 Å². The van der Waals surface area contributed by atoms with Crippen LogP contribution in [0.1, 0.15) is 61.5 Å². The van der Waals surface area contributed by atoms with E-state index < -0.39 is 6.61 Å². The van der Waals surface area contributed by atoms with Gasteiger partial charge in [0.1, 0.15) is 18.2 Å². The monoisotopic (exact) mass is 492 g/mol. The molecule has 0 radical (unpaired) electrons. The summed E-state index contributed by atoms with van der Waals surface area (Å²) in [5.41, 5.74) is 14.6. The van der Waals surface area contributed by atoms with Crippen LogP contribution in [0.25, 0.3) is 16.8 Å². The first-order valence-electron chi connectivity index (χ1n) is 11.9. The molecule has 2 saturated heterocycles. The number of hydrogen-bond donors (Lipinski definition) is 4. The third kappa shape index (κ3) is 4.02. The van der Waals surface area contributed by atoms with Crippen LogP contribution < -0.4 is 16.6 Å². The quantitative estimate of drug-likeness (QED) is 0.292. The van der Waals surface area contributed by atoms with Gasteiger partial charge in [0.2, 0.25) is 11.8 Å². The minimum Gasteiger partial charge on any atom is -0.387 e. The Labute approximate surface area is 206 Å². The predicted octanol–water partition coefficient (Wildman–Crippen LogP) is 1.27. The summed E-state index contributed by atoms with van der Waals surface area (Å²) in [6, 6.07) is 3.55. The number of hydrazine groups is 1. The Morgan fingerprint density at radius 2 is 1.86 bits per heavy atom. The third-order valence-electron chi connectivity index (χ3n) is 7.05. The van der Waals surface area contributed by atoms with E-state index in [9.17, 15) is 19.5 Å². The standard InChI is InChI=1S/C24H28N8O4/c1-12(34)21-22(15-7-16-4-5-17(8-15)31(16)20(36)11-33)28-24-18(10-27-32(24)23(21)25)14-3-6-19(26-9-14)30-29-13(2)35/h3,6,9-10,15-17,33H,4-5,7-8,11,25H2,1-2H3,(H,26,30)(H,29,35)/t15-,16+,17-. The van der Waals surface area contributed by atoms with Crippen molar-refractivity contribution in [2.75, 3.05) is 17.8 Å². The average molecular weight is 493 g/mol. The topological polar surface area (TPSA) is 168 Å². The molecule has 0 unspecified atom stereocenters. The van der Waals surface area contributed by atoms with Crippen LogP contribution in [0.2, 0.25) is 0 Å². The molecule has 3 aromatic heterocycles. The van der Waals surface area contributed by atoms with Gasteiger partial charge >= 0.3 is 0 Å². The van der Waals surface area contributed by atoms with E-state index in [1.165, 1.54) is 18.4 Å². The Hall–Kier alpha value is -4.06. The maximum atomic E-state index is 12.7. The number of hydrogen-bond acceptors (Lipinski definition) is 9. The van der Waals surface area contributed by atoms with Gasteiger partial charge in [-0.05, 0) is 44.7 Å². The highest BCUT2D eigenvalue weighted by Gasteiger charge is 2.44. The van der Waals surface area contributed by atoms with Crippen LogP contribution in [0.15, 0.2) is 24.5 Å². The number of aliphatic hydroxyl groups is 1. The number of rotatable bonds is 6. The van der Waals surface area contributed by atoms with Gasteiger partial charge in [0.25, 0.3) is 0 Å². The highest BCUT2D eigenvalue weighted by molar-refractivity contribution is 6.00. The van der Waals surface area contributed by atoms with E-state index >= 15 is 0 Å². The second-order valence-corrected chi connectivity index (χ2v) is 9.36. The van der Waals surface area contributed by atoms with Gasteiger partial charge in [-0.25, -0.2) is 9.97 Å². The van der Waals surface area contributed by atoms with Gasteiger partial charge in [-0.3, -0.25) is 25.2 Å². The van der Waals surface area contributed by atoms with Gasteiger partial charge < -0.3 is 15.7 Å². The Kier molecular flexibility index (Phi) is 6.04. The number of nitrogens with two attached hydrogens (primary N) is 1. The Balaban J connectivity index is 1.53. The lowest BCUT2D eigenvalue weighted by molar-refractivity contribution is -0.138. The van der Waals surface area contributed by atoms with Gasteiger partial charge in [-0.2, -0.15) is 9.61 Å². The molecule has 2 aliphatic rings. The van der Waals surface area contributed by atoms with Gasteiger partial charge in [0.15, 0.2) is 11.4 Å². The molecule has 0 saturated carbocycles. The summed E-state index contributed by atoms with van der Waals surface area (Å²) in [7, 11) is 0. The Morgan fingerprint density at radius 3 is 2.44 bits per heavy atom. The van der Waals surface area contributed by atoms with Crippen LogP contribution in [-0.2, 0) is 9.59 Å². The number of ketones is 1. The number of carbonyl (C=O) groups is 3. The molecule has 12 nitrogen and oxygen atoms in total. The zero-order valence-corrected chi connectivity index (χ0v) is 20.1. The number of pyridine rings is 1. The van der Waals surface area contributed by atoms with Crippen LogP contribution in [0.5, 0.6) is 0 Å². The molecular weight excluding hydrogens is 464 g/mol. The average Bonchev–Trinajstić information content (AvgIpc) is 3.40. The van der Waals surface area contributed by atoms with Crippen molar-refractivity contribution in [3.8, 4) is 11.1 Å². The van der Waals surface area contributed by atoms with Crippen molar-refractivity contribution < 1.29 is 19.5 Å². The molecule has 0 aliphatic carbocycles. The lowest BCUT2D eigenvalue weighted by Gasteiger charge is -2.39. The number of fused-ring (bicyclic) bond motifs is 3. The van der Waals surface area contributed by atoms with Crippen molar-refractivity contribution >= 4 is 34.9 Å². The number of piperidine rings is 1. The van der Waals surface area contributed by atoms with E-state index in [0.29, 0.717) is 41.1 Å². The minimum atomic E-state index is -0.500. The van der Waals surface area contributed by atoms with E-state index in [2.05, 4.69) is 20.9 Å². The molecule has 12 heteroatoms. The fourth-order valence-corrected chi connectivity index (χ4v) is 5.56. The van der Waals surface area contributed by atoms with Crippen molar-refractivity contribution in [3.63, 3.8) is 0 Å². The number of nitrogens with one attached hydrogen (secondary N) is 2. The van der Waals surface area contributed by atoms with Crippen LogP contribution in [0.3, 0.4) is 0 Å². The third-order valence-corrected chi connectivity index (χ3v) is 7.05. The smallest absolute Gasteiger partial charge is 0.248 e. The van der Waals surface area contributed by atoms with Gasteiger partial charge in [-0.15, -0.1) is 0 Å². The summed E-state index contributed by atoms with van der Waals surface area (Å²) in [5.74, 6) is -0.0366. The molecule has 36 heavy (non-hydrogen) atoms. The first-order chi connectivity index (χ1) is 17.3. The molecule has 5 N–H and O–H groups in total. The van der Waals surface area contributed by atoms with E-state index in [1.54, 1.807) is 23.4 Å². The number of Topliss-reactive ketones (excluding diaryl/α,β-unsaturated/α-hetero) is 1. The van der Waals surface area contributed by atoms with Crippen LogP contribution in [-0.4, -0.2) is 65.9 Å². The molecule has 2 amide bonds. The van der Waals surface area contributed by atoms with Crippen LogP contribution in [0, 0.1) is 0 Å². The summed E-state index contributed by atoms with van der Waals surface area (Å²) in [6.07, 6.45) is 6.30. The Morgan fingerprint density at radius 1 is 1.14 bits per heavy atom. The van der Waals surface area contributed by atoms with Gasteiger partial charge in [0, 0.05) is 42.2 Å². The number of nitrogen functional groups attached to an aromatic ring is 1. The normalized spacial score (nSPS) is 21.0. The van der Waals surface area contributed by atoms with Gasteiger partial charge in [0.05, 0.1) is 17.5 Å². The maximum Gasteiger partial charge on any atom is 0.248 e. The van der Waals surface area contributed by atoms with E-state index in [0.717, 1.165) is 18.4 Å². The van der Waals surface area contributed by atoms with Gasteiger partial charge in [-0.1, -0.05) is 0 Å². The molecule has 3 aromatic rings. The van der Waals surface area contributed by atoms with E-state index in [-0.39, 0.29) is 41.4 Å². The van der Waals surface area contributed by atoms with Crippen LogP contribution >= 0.6 is 0 Å². The second kappa shape index (κ2) is 9.19. The number of carbonyl (C=O) groups excluding carboxylic acids is 3. The summed E-state index contributed by atoms with van der Waals surface area (Å²) < 4.78 is 1.47. The zero-order valence-electron chi connectivity index (χ0n) is 20.1. The lowest BCUT2D eigenvalue weighted by Crippen LogP contribution is -2.47. The second-order valence-electron chi connectivity index (χ2n) is 9.36. The predicted molar refractivity (Wildman–Crippen MR) is 131 cm³/mol. The van der Waals surface area contributed by atoms with Crippen molar-refractivity contribution in [1.29, 1.82) is 0 Å². The molecule has 0 aromatic carbocycles. The summed E-state index contributed by atoms with van der Waals surface area (Å²) in [6.45, 7) is 2.36. The molecule has 2 fully saturated rings. The maximum absolute atomic E-state index is 12.7. The molecule has 188 valence electrons. The fraction of sp³-hybridized carbons (Fsp3) is 0.417. The van der Waals surface area contributed by atoms with Crippen molar-refractivity contribution in [1.82, 2.24) is 29.9 Å². The molecule has 5 heterocycles. The number of nitrogens with zero attached hydrogens (tertiary/aromatic N) is 5. The first kappa shape index (κ1) is 23.7. The van der Waals surface area contributed by atoms with E-state index in [4.69, 9.17) is 10.7 Å². The molecule has 2 aliphatic heterocycles. The van der Waals surface area contributed by atoms with Crippen molar-refractivity contribution in [2.24, 2.45) is 0 Å². The van der Waals surface area contributed by atoms with Crippen LogP contribution in [0.4, 0.5) is 11.6 Å². The van der Waals surface area contributed by atoms with Crippen molar-refractivity contribution in [3.05, 3.63) is 35.8 Å². The zero-order chi connectivity index (χ0) is 25.6. The largest absolute Gasteiger partial charge is 0.387 e. The number of aromatic nitrogens is 4. The highest BCUT2D eigenvalue weighted by Crippen LogP contribution is 2.44. The summed E-state index contributed by atoms with van der Waals surface area (Å²) >= 11 is 0. The summed E-state index contributed by atoms with van der Waals surface area (Å²) in [5, 5.41) is 13.8. The first-order valence-corrected chi connectivity index (χ1v) is 11.9. The summed E-state index contributed by atoms with van der Waals surface area (Å²) in [4.78, 5) is 47.1. The Bertz CT molecular complexity index is 1340. The molecule has 0 spiro atoms. The molecule has 2 bridgehead atoms. The molecular formula is C24H28N8O4. The number of aliphatic hydroxyl groups excluding tert-OH is 1. The molecule has 5 rings (SSSR count). The number of anilines is 2. The lowest BCUT2D eigenvalue weighted by atomic mass is 9.85. The minimum absolute atomic E-state index is 0.00435. The van der Waals surface area contributed by atoms with E-state index in [1.807, 2.05) is 6.07 Å². The SMILES string of the molecule is CC(=O)NNc1ccc(-c2cnn3c(N)c(C(C)=O)c([C@H]4C[C@H]5CC[C@@H](C4)N5C(=O)CO)nc23)cn1. The fourth-order valence-electron chi connectivity index (χ4n) is 5.56. The number of amides is 2. The molecule has 3 atom stereocenters. The highest BCUT2D eigenvalue weighted by atomic mass is 16.3.